The van der Waals surface area contributed by atoms with E-state index in [2.05, 4.69) is 74.5 Å². The molecule has 0 aliphatic carbocycles. The van der Waals surface area contributed by atoms with Gasteiger partial charge in [-0.2, -0.15) is 0 Å². The molecule has 100 valence electrons. The molecule has 19 heavy (non-hydrogen) atoms. The van der Waals surface area contributed by atoms with Gasteiger partial charge in [0.05, 0.1) is 0 Å². The van der Waals surface area contributed by atoms with Crippen molar-refractivity contribution >= 4 is 18.5 Å². The number of benzene rings is 2. The third kappa shape index (κ3) is 3.91. The maximum Gasteiger partial charge on any atom is -0.0157 e. The average molecular weight is 270 g/mol. The quantitative estimate of drug-likeness (QED) is 0.667. The van der Waals surface area contributed by atoms with Crippen LogP contribution < -0.4 is 10.6 Å². The van der Waals surface area contributed by atoms with Crippen molar-refractivity contribution in [3.05, 3.63) is 60.7 Å². The molecule has 0 heterocycles. The third-order valence-corrected chi connectivity index (χ3v) is 6.33. The maximum absolute atomic E-state index is 2.42. The van der Waals surface area contributed by atoms with Crippen LogP contribution in [-0.2, 0) is 0 Å². The molecule has 0 aliphatic rings. The molecule has 0 saturated heterocycles. The van der Waals surface area contributed by atoms with Gasteiger partial charge in [-0.05, 0) is 30.6 Å². The van der Waals surface area contributed by atoms with E-state index in [0.717, 1.165) is 5.66 Å². The molecule has 0 nitrogen and oxygen atoms in total. The molecular formula is C18H23P. The minimum Gasteiger partial charge on any atom is -0.0654 e. The van der Waals surface area contributed by atoms with Crippen LogP contribution in [0.1, 0.15) is 33.1 Å². The number of hydrogen-bond acceptors (Lipinski definition) is 0. The molecule has 0 fully saturated rings. The zero-order chi connectivity index (χ0) is 13.5. The van der Waals surface area contributed by atoms with Gasteiger partial charge in [-0.3, -0.25) is 0 Å². The standard InChI is InChI=1S/C18H23P/c1-3-4-11-16(2)19(17-12-7-5-8-13-17)18-14-9-6-10-15-18/h5-10,12-16H,3-4,11H2,1-2H3/t16-/m1/s1. The van der Waals surface area contributed by atoms with Crippen molar-refractivity contribution in [1.82, 2.24) is 0 Å². The maximum atomic E-state index is 2.42. The summed E-state index contributed by atoms with van der Waals surface area (Å²) < 4.78 is 0. The summed E-state index contributed by atoms with van der Waals surface area (Å²) in [5.41, 5.74) is 0.750. The van der Waals surface area contributed by atoms with E-state index < -0.39 is 0 Å². The molecule has 2 aromatic carbocycles. The van der Waals surface area contributed by atoms with Crippen LogP contribution in [0.4, 0.5) is 0 Å². The highest BCUT2D eigenvalue weighted by Crippen LogP contribution is 2.41. The van der Waals surface area contributed by atoms with Gasteiger partial charge in [0.2, 0.25) is 0 Å². The highest BCUT2D eigenvalue weighted by atomic mass is 31.1. The van der Waals surface area contributed by atoms with Crippen LogP contribution >= 0.6 is 7.92 Å². The van der Waals surface area contributed by atoms with E-state index in [1.165, 1.54) is 29.9 Å². The Hall–Kier alpha value is -1.13. The first-order valence-corrected chi connectivity index (χ1v) is 8.63. The second kappa shape index (κ2) is 7.46. The van der Waals surface area contributed by atoms with E-state index in [4.69, 9.17) is 0 Å². The summed E-state index contributed by atoms with van der Waals surface area (Å²) in [6.45, 7) is 4.70. The molecule has 0 saturated carbocycles. The van der Waals surface area contributed by atoms with Crippen molar-refractivity contribution in [2.45, 2.75) is 38.8 Å². The van der Waals surface area contributed by atoms with Gasteiger partial charge >= 0.3 is 0 Å². The number of unbranched alkanes of at least 4 members (excludes halogenated alkanes) is 1. The fourth-order valence-corrected chi connectivity index (χ4v) is 5.21. The van der Waals surface area contributed by atoms with Crippen molar-refractivity contribution in [2.75, 3.05) is 0 Å². The predicted molar refractivity (Wildman–Crippen MR) is 88.1 cm³/mol. The Morgan fingerprint density at radius 3 is 1.74 bits per heavy atom. The Balaban J connectivity index is 2.29. The lowest BCUT2D eigenvalue weighted by molar-refractivity contribution is 0.710. The highest BCUT2D eigenvalue weighted by Gasteiger charge is 2.19. The molecular weight excluding hydrogens is 247 g/mol. The van der Waals surface area contributed by atoms with Gasteiger partial charge in [0.15, 0.2) is 0 Å². The third-order valence-electron chi connectivity index (χ3n) is 3.48. The highest BCUT2D eigenvalue weighted by molar-refractivity contribution is 7.73. The minimum absolute atomic E-state index is 0.224. The van der Waals surface area contributed by atoms with Crippen LogP contribution in [0.15, 0.2) is 60.7 Å². The van der Waals surface area contributed by atoms with E-state index >= 15 is 0 Å². The molecule has 0 amide bonds. The molecule has 0 aliphatic heterocycles. The number of hydrogen-bond donors (Lipinski definition) is 0. The van der Waals surface area contributed by atoms with Crippen LogP contribution in [0, 0.1) is 0 Å². The lowest BCUT2D eigenvalue weighted by atomic mass is 10.2. The van der Waals surface area contributed by atoms with Crippen LogP contribution in [0.2, 0.25) is 0 Å². The van der Waals surface area contributed by atoms with Crippen LogP contribution in [0.5, 0.6) is 0 Å². The van der Waals surface area contributed by atoms with Gasteiger partial charge in [0, 0.05) is 0 Å². The van der Waals surface area contributed by atoms with Crippen LogP contribution in [0.3, 0.4) is 0 Å². The zero-order valence-electron chi connectivity index (χ0n) is 11.9. The normalized spacial score (nSPS) is 12.6. The number of rotatable bonds is 6. The molecule has 0 N–H and O–H groups in total. The Labute approximate surface area is 118 Å². The Kier molecular flexibility index (Phi) is 5.61. The van der Waals surface area contributed by atoms with Gasteiger partial charge < -0.3 is 0 Å². The summed E-state index contributed by atoms with van der Waals surface area (Å²) in [4.78, 5) is 0. The van der Waals surface area contributed by atoms with Gasteiger partial charge in [0.1, 0.15) is 0 Å². The summed E-state index contributed by atoms with van der Waals surface area (Å²) in [5, 5.41) is 3.01. The largest absolute Gasteiger partial charge is 0.0654 e. The molecule has 1 atom stereocenters. The monoisotopic (exact) mass is 270 g/mol. The molecule has 0 spiro atoms. The topological polar surface area (TPSA) is 0 Å². The smallest absolute Gasteiger partial charge is 0.0157 e. The van der Waals surface area contributed by atoms with Crippen molar-refractivity contribution in [3.8, 4) is 0 Å². The van der Waals surface area contributed by atoms with Crippen molar-refractivity contribution in [1.29, 1.82) is 0 Å². The fourth-order valence-electron chi connectivity index (χ4n) is 2.46. The average Bonchev–Trinajstić information content (AvgIpc) is 2.47. The van der Waals surface area contributed by atoms with E-state index in [1.807, 2.05) is 0 Å². The summed E-state index contributed by atoms with van der Waals surface area (Å²) in [6.07, 6.45) is 3.95. The SMILES string of the molecule is CCCC[C@@H](C)P(c1ccccc1)c1ccccc1. The first kappa shape index (κ1) is 14.3. The van der Waals surface area contributed by atoms with Crippen LogP contribution in [0.25, 0.3) is 0 Å². The van der Waals surface area contributed by atoms with Crippen molar-refractivity contribution in [2.24, 2.45) is 0 Å². The van der Waals surface area contributed by atoms with Crippen molar-refractivity contribution in [3.63, 3.8) is 0 Å². The minimum atomic E-state index is -0.224. The molecule has 0 unspecified atom stereocenters. The second-order valence-electron chi connectivity index (χ2n) is 5.03. The molecule has 2 aromatic rings. The van der Waals surface area contributed by atoms with E-state index in [9.17, 15) is 0 Å². The molecule has 0 radical (unpaired) electrons. The lowest BCUT2D eigenvalue weighted by Crippen LogP contribution is -2.19. The molecule has 0 bridgehead atoms. The van der Waals surface area contributed by atoms with Crippen LogP contribution in [-0.4, -0.2) is 5.66 Å². The summed E-state index contributed by atoms with van der Waals surface area (Å²) >= 11 is 0. The summed E-state index contributed by atoms with van der Waals surface area (Å²) in [7, 11) is -0.224. The fraction of sp³-hybridized carbons (Fsp3) is 0.333. The van der Waals surface area contributed by atoms with Gasteiger partial charge in [-0.15, -0.1) is 0 Å². The summed E-state index contributed by atoms with van der Waals surface area (Å²) in [6, 6.07) is 22.1. The van der Waals surface area contributed by atoms with Gasteiger partial charge in [0.25, 0.3) is 0 Å². The molecule has 1 heteroatoms. The van der Waals surface area contributed by atoms with Gasteiger partial charge in [-0.25, -0.2) is 0 Å². The second-order valence-corrected chi connectivity index (χ2v) is 7.69. The lowest BCUT2D eigenvalue weighted by Gasteiger charge is -2.25. The first-order chi connectivity index (χ1) is 9.33. The zero-order valence-corrected chi connectivity index (χ0v) is 12.8. The first-order valence-electron chi connectivity index (χ1n) is 7.22. The van der Waals surface area contributed by atoms with Crippen molar-refractivity contribution < 1.29 is 0 Å². The molecule has 2 rings (SSSR count). The van der Waals surface area contributed by atoms with E-state index in [-0.39, 0.29) is 7.92 Å². The van der Waals surface area contributed by atoms with E-state index in [0.29, 0.717) is 0 Å². The van der Waals surface area contributed by atoms with E-state index in [1.54, 1.807) is 0 Å². The Morgan fingerprint density at radius 2 is 1.32 bits per heavy atom. The molecule has 0 aromatic heterocycles. The summed E-state index contributed by atoms with van der Waals surface area (Å²) in [5.74, 6) is 0. The Bertz CT molecular complexity index is 424. The van der Waals surface area contributed by atoms with Gasteiger partial charge in [-0.1, -0.05) is 87.4 Å². The predicted octanol–water partition coefficient (Wildman–Crippen LogP) is 4.70. The Morgan fingerprint density at radius 1 is 0.842 bits per heavy atom.